The summed E-state index contributed by atoms with van der Waals surface area (Å²) in [5, 5.41) is 0. The van der Waals surface area contributed by atoms with Gasteiger partial charge in [-0.25, -0.2) is 0 Å². The number of carbonyl (C=O) groups excluding carboxylic acids is 3. The predicted octanol–water partition coefficient (Wildman–Crippen LogP) is 4.22. The van der Waals surface area contributed by atoms with Crippen LogP contribution in [0.2, 0.25) is 0 Å². The van der Waals surface area contributed by atoms with E-state index in [0.29, 0.717) is 17.5 Å². The molecule has 3 rings (SSSR count). The third-order valence-corrected chi connectivity index (χ3v) is 4.63. The lowest BCUT2D eigenvalue weighted by molar-refractivity contribution is -0.119. The average molecular weight is 320 g/mol. The van der Waals surface area contributed by atoms with E-state index in [2.05, 4.69) is 0 Å². The molecule has 0 N–H and O–H groups in total. The van der Waals surface area contributed by atoms with Gasteiger partial charge < -0.3 is 0 Å². The van der Waals surface area contributed by atoms with Gasteiger partial charge in [-0.3, -0.25) is 14.4 Å². The fraction of sp³-hybridized carbons (Fsp3) is 0.286. The van der Waals surface area contributed by atoms with Gasteiger partial charge in [0, 0.05) is 29.9 Å². The highest BCUT2D eigenvalue weighted by Crippen LogP contribution is 2.38. The van der Waals surface area contributed by atoms with E-state index in [9.17, 15) is 14.4 Å². The number of Topliss-reactive ketones (excluding diaryl/α,β-unsaturated/α-hetero) is 3. The fourth-order valence-electron chi connectivity index (χ4n) is 3.49. The molecule has 0 amide bonds. The minimum atomic E-state index is -0.786. The van der Waals surface area contributed by atoms with Crippen LogP contribution in [0.3, 0.4) is 0 Å². The summed E-state index contributed by atoms with van der Waals surface area (Å²) >= 11 is 0. The SMILES string of the molecule is CCCC(=O)CC(c1ccccc1)C1C(=O)c2ccccc2C1=O. The van der Waals surface area contributed by atoms with Crippen LogP contribution in [-0.2, 0) is 4.79 Å². The topological polar surface area (TPSA) is 51.2 Å². The van der Waals surface area contributed by atoms with Gasteiger partial charge in [0.2, 0.25) is 0 Å². The second kappa shape index (κ2) is 6.91. The first-order valence-electron chi connectivity index (χ1n) is 8.37. The molecule has 2 aromatic carbocycles. The summed E-state index contributed by atoms with van der Waals surface area (Å²) in [6.07, 6.45) is 1.48. The first-order chi connectivity index (χ1) is 11.6. The summed E-state index contributed by atoms with van der Waals surface area (Å²) < 4.78 is 0. The number of carbonyl (C=O) groups is 3. The first kappa shape index (κ1) is 16.3. The Morgan fingerprint density at radius 1 is 0.917 bits per heavy atom. The van der Waals surface area contributed by atoms with Crippen LogP contribution in [0.25, 0.3) is 0 Å². The molecule has 24 heavy (non-hydrogen) atoms. The summed E-state index contributed by atoms with van der Waals surface area (Å²) in [6, 6.07) is 16.4. The number of hydrogen-bond acceptors (Lipinski definition) is 3. The van der Waals surface area contributed by atoms with Crippen LogP contribution in [0, 0.1) is 5.92 Å². The van der Waals surface area contributed by atoms with E-state index in [4.69, 9.17) is 0 Å². The number of hydrogen-bond donors (Lipinski definition) is 0. The smallest absolute Gasteiger partial charge is 0.175 e. The lowest BCUT2D eigenvalue weighted by atomic mass is 9.79. The molecule has 0 aliphatic heterocycles. The third kappa shape index (κ3) is 2.94. The van der Waals surface area contributed by atoms with Crippen LogP contribution < -0.4 is 0 Å². The molecule has 0 heterocycles. The maximum atomic E-state index is 12.8. The quantitative estimate of drug-likeness (QED) is 0.749. The Hall–Kier alpha value is -2.55. The van der Waals surface area contributed by atoms with Gasteiger partial charge in [-0.05, 0) is 12.0 Å². The number of benzene rings is 2. The Morgan fingerprint density at radius 2 is 1.46 bits per heavy atom. The summed E-state index contributed by atoms with van der Waals surface area (Å²) in [5.41, 5.74) is 1.84. The summed E-state index contributed by atoms with van der Waals surface area (Å²) in [4.78, 5) is 37.9. The van der Waals surface area contributed by atoms with Crippen LogP contribution in [0.4, 0.5) is 0 Å². The van der Waals surface area contributed by atoms with Crippen molar-refractivity contribution in [3.63, 3.8) is 0 Å². The monoisotopic (exact) mass is 320 g/mol. The molecule has 0 saturated carbocycles. The largest absolute Gasteiger partial charge is 0.300 e. The number of rotatable bonds is 6. The summed E-state index contributed by atoms with van der Waals surface area (Å²) in [5.74, 6) is -1.39. The van der Waals surface area contributed by atoms with Crippen LogP contribution in [0.15, 0.2) is 54.6 Å². The van der Waals surface area contributed by atoms with E-state index in [0.717, 1.165) is 12.0 Å². The van der Waals surface area contributed by atoms with E-state index in [1.54, 1.807) is 24.3 Å². The zero-order valence-electron chi connectivity index (χ0n) is 13.7. The van der Waals surface area contributed by atoms with Crippen molar-refractivity contribution in [1.29, 1.82) is 0 Å². The molecule has 0 aromatic heterocycles. The molecule has 0 fully saturated rings. The minimum absolute atomic E-state index is 0.0999. The van der Waals surface area contributed by atoms with Crippen LogP contribution in [0.5, 0.6) is 0 Å². The van der Waals surface area contributed by atoms with E-state index in [-0.39, 0.29) is 23.8 Å². The van der Waals surface area contributed by atoms with Crippen molar-refractivity contribution in [2.75, 3.05) is 0 Å². The second-order valence-corrected chi connectivity index (χ2v) is 6.26. The number of ketones is 3. The lowest BCUT2D eigenvalue weighted by Crippen LogP contribution is -2.26. The second-order valence-electron chi connectivity index (χ2n) is 6.26. The van der Waals surface area contributed by atoms with E-state index < -0.39 is 11.8 Å². The van der Waals surface area contributed by atoms with E-state index in [1.165, 1.54) is 0 Å². The standard InChI is InChI=1S/C21H20O3/c1-2-8-15(22)13-18(14-9-4-3-5-10-14)19-20(23)16-11-6-7-12-17(16)21(19)24/h3-7,9-12,18-19H,2,8,13H2,1H3. The zero-order valence-corrected chi connectivity index (χ0v) is 13.7. The molecule has 122 valence electrons. The Balaban J connectivity index is 1.99. The molecule has 0 bridgehead atoms. The zero-order chi connectivity index (χ0) is 17.1. The van der Waals surface area contributed by atoms with Crippen molar-refractivity contribution in [1.82, 2.24) is 0 Å². The molecule has 0 saturated heterocycles. The third-order valence-electron chi connectivity index (χ3n) is 4.63. The summed E-state index contributed by atoms with van der Waals surface area (Å²) in [7, 11) is 0. The van der Waals surface area contributed by atoms with Crippen molar-refractivity contribution < 1.29 is 14.4 Å². The summed E-state index contributed by atoms with van der Waals surface area (Å²) in [6.45, 7) is 1.96. The molecule has 1 aliphatic carbocycles. The van der Waals surface area contributed by atoms with Gasteiger partial charge in [-0.2, -0.15) is 0 Å². The van der Waals surface area contributed by atoms with Crippen molar-refractivity contribution in [2.45, 2.75) is 32.1 Å². The molecule has 1 atom stereocenters. The average Bonchev–Trinajstić information content (AvgIpc) is 2.86. The molecule has 1 aliphatic rings. The molecular formula is C21H20O3. The Morgan fingerprint density at radius 3 is 2.00 bits per heavy atom. The van der Waals surface area contributed by atoms with Gasteiger partial charge in [0.25, 0.3) is 0 Å². The molecule has 3 heteroatoms. The van der Waals surface area contributed by atoms with Gasteiger partial charge in [0.05, 0.1) is 5.92 Å². The van der Waals surface area contributed by atoms with Crippen molar-refractivity contribution >= 4 is 17.3 Å². The highest BCUT2D eigenvalue weighted by Gasteiger charge is 2.44. The van der Waals surface area contributed by atoms with Gasteiger partial charge in [-0.1, -0.05) is 61.5 Å². The highest BCUT2D eigenvalue weighted by atomic mass is 16.2. The number of fused-ring (bicyclic) bond motifs is 1. The van der Waals surface area contributed by atoms with Gasteiger partial charge in [0.15, 0.2) is 11.6 Å². The van der Waals surface area contributed by atoms with Crippen molar-refractivity contribution in [2.24, 2.45) is 5.92 Å². The van der Waals surface area contributed by atoms with Crippen molar-refractivity contribution in [3.8, 4) is 0 Å². The van der Waals surface area contributed by atoms with Gasteiger partial charge in [0.1, 0.15) is 5.78 Å². The molecular weight excluding hydrogens is 300 g/mol. The van der Waals surface area contributed by atoms with Gasteiger partial charge in [-0.15, -0.1) is 0 Å². The van der Waals surface area contributed by atoms with Gasteiger partial charge >= 0.3 is 0 Å². The normalized spacial score (nSPS) is 15.4. The maximum absolute atomic E-state index is 12.8. The van der Waals surface area contributed by atoms with Crippen LogP contribution in [0.1, 0.15) is 58.4 Å². The molecule has 1 unspecified atom stereocenters. The fourth-order valence-corrected chi connectivity index (χ4v) is 3.49. The van der Waals surface area contributed by atoms with E-state index in [1.807, 2.05) is 37.3 Å². The molecule has 0 spiro atoms. The first-order valence-corrected chi connectivity index (χ1v) is 8.37. The molecule has 0 radical (unpaired) electrons. The molecule has 3 nitrogen and oxygen atoms in total. The Kier molecular flexibility index (Phi) is 4.70. The van der Waals surface area contributed by atoms with Crippen LogP contribution >= 0.6 is 0 Å². The van der Waals surface area contributed by atoms with E-state index >= 15 is 0 Å². The Bertz CT molecular complexity index is 742. The minimum Gasteiger partial charge on any atom is -0.300 e. The van der Waals surface area contributed by atoms with Crippen LogP contribution in [-0.4, -0.2) is 17.3 Å². The highest BCUT2D eigenvalue weighted by molar-refractivity contribution is 6.27. The Labute approximate surface area is 141 Å². The van der Waals surface area contributed by atoms with Crippen molar-refractivity contribution in [3.05, 3.63) is 71.3 Å². The maximum Gasteiger partial charge on any atom is 0.175 e. The molecule has 2 aromatic rings. The predicted molar refractivity (Wildman–Crippen MR) is 92.3 cm³/mol. The lowest BCUT2D eigenvalue weighted by Gasteiger charge is -2.21.